The van der Waals surface area contributed by atoms with Crippen LogP contribution in [0.15, 0.2) is 53.7 Å². The molecule has 0 amide bonds. The smallest absolute Gasteiger partial charge is 0.278 e. The van der Waals surface area contributed by atoms with Gasteiger partial charge in [-0.15, -0.1) is 0 Å². The highest BCUT2D eigenvalue weighted by atomic mass is 19.3. The van der Waals surface area contributed by atoms with Gasteiger partial charge >= 0.3 is 0 Å². The van der Waals surface area contributed by atoms with Crippen LogP contribution < -0.4 is 10.2 Å². The van der Waals surface area contributed by atoms with E-state index in [1.165, 1.54) is 35.0 Å². The van der Waals surface area contributed by atoms with Crippen LogP contribution in [0.1, 0.15) is 5.56 Å². The van der Waals surface area contributed by atoms with Crippen LogP contribution in [-0.4, -0.2) is 22.0 Å². The number of nitrogens with zero attached hydrogens (tertiary/aromatic N) is 4. The van der Waals surface area contributed by atoms with Crippen LogP contribution in [0.25, 0.3) is 5.70 Å². The monoisotopic (exact) mass is 344 g/mol. The molecule has 0 aliphatic carbocycles. The number of rotatable bonds is 3. The van der Waals surface area contributed by atoms with Gasteiger partial charge in [0, 0.05) is 23.9 Å². The van der Waals surface area contributed by atoms with Crippen LogP contribution in [0.3, 0.4) is 0 Å². The number of alkyl halides is 2. The molecule has 0 spiro atoms. The molecular formula is C16H10F2N4O3. The number of benzene rings is 1. The lowest BCUT2D eigenvalue weighted by molar-refractivity contribution is -0.384. The Morgan fingerprint density at radius 2 is 2.16 bits per heavy atom. The molecule has 7 nitrogen and oxygen atoms in total. The summed E-state index contributed by atoms with van der Waals surface area (Å²) >= 11 is 0. The summed E-state index contributed by atoms with van der Waals surface area (Å²) in [5, 5.41) is 19.8. The third-order valence-electron chi connectivity index (χ3n) is 3.55. The summed E-state index contributed by atoms with van der Waals surface area (Å²) in [4.78, 5) is 14.1. The second-order valence-corrected chi connectivity index (χ2v) is 5.05. The van der Waals surface area contributed by atoms with Crippen molar-refractivity contribution in [2.45, 2.75) is 12.5 Å². The number of nitriles is 1. The SMILES string of the molecule is N#CN=c1ccccn1C1=CC(C(F)F)Oc2ccc([N+](=O)[O-])cc21. The first-order valence-electron chi connectivity index (χ1n) is 7.07. The van der Waals surface area contributed by atoms with Crippen LogP contribution in [0.2, 0.25) is 0 Å². The number of nitro benzene ring substituents is 1. The van der Waals surface area contributed by atoms with Crippen molar-refractivity contribution in [1.82, 2.24) is 4.57 Å². The van der Waals surface area contributed by atoms with E-state index in [0.29, 0.717) is 0 Å². The van der Waals surface area contributed by atoms with Gasteiger partial charge in [0.1, 0.15) is 11.2 Å². The molecule has 126 valence electrons. The fourth-order valence-corrected chi connectivity index (χ4v) is 2.47. The van der Waals surface area contributed by atoms with Gasteiger partial charge in [-0.2, -0.15) is 10.3 Å². The molecule has 1 aromatic carbocycles. The van der Waals surface area contributed by atoms with Crippen molar-refractivity contribution < 1.29 is 18.4 Å². The fourth-order valence-electron chi connectivity index (χ4n) is 2.47. The van der Waals surface area contributed by atoms with E-state index in [-0.39, 0.29) is 28.2 Å². The van der Waals surface area contributed by atoms with E-state index in [0.717, 1.165) is 6.08 Å². The van der Waals surface area contributed by atoms with Gasteiger partial charge in [-0.1, -0.05) is 6.07 Å². The quantitative estimate of drug-likeness (QED) is 0.486. The number of non-ortho nitro benzene ring substituents is 1. The number of halogens is 2. The van der Waals surface area contributed by atoms with Crippen molar-refractivity contribution in [3.05, 3.63) is 69.8 Å². The van der Waals surface area contributed by atoms with E-state index in [1.807, 2.05) is 0 Å². The van der Waals surface area contributed by atoms with Crippen molar-refractivity contribution in [2.24, 2.45) is 4.99 Å². The summed E-state index contributed by atoms with van der Waals surface area (Å²) in [5.74, 6) is 0.0904. The van der Waals surface area contributed by atoms with Gasteiger partial charge in [-0.3, -0.25) is 10.1 Å². The zero-order valence-electron chi connectivity index (χ0n) is 12.5. The number of hydrogen-bond donors (Lipinski definition) is 0. The fraction of sp³-hybridized carbons (Fsp3) is 0.125. The maximum atomic E-state index is 13.2. The third-order valence-corrected chi connectivity index (χ3v) is 3.55. The Labute approximate surface area is 139 Å². The first-order chi connectivity index (χ1) is 12.0. The molecule has 1 aliphatic heterocycles. The van der Waals surface area contributed by atoms with Gasteiger partial charge in [-0.05, 0) is 24.3 Å². The summed E-state index contributed by atoms with van der Waals surface area (Å²) in [6, 6.07) is 8.47. The normalized spacial score (nSPS) is 16.6. The largest absolute Gasteiger partial charge is 0.480 e. The molecule has 0 saturated heterocycles. The highest BCUT2D eigenvalue weighted by Crippen LogP contribution is 2.36. The Kier molecular flexibility index (Phi) is 4.26. The van der Waals surface area contributed by atoms with E-state index in [4.69, 9.17) is 10.00 Å². The summed E-state index contributed by atoms with van der Waals surface area (Å²) in [6.45, 7) is 0. The van der Waals surface area contributed by atoms with Gasteiger partial charge in [-0.25, -0.2) is 8.78 Å². The van der Waals surface area contributed by atoms with Crippen molar-refractivity contribution in [3.8, 4) is 11.9 Å². The van der Waals surface area contributed by atoms with Gasteiger partial charge in [0.25, 0.3) is 12.1 Å². The second kappa shape index (κ2) is 6.52. The molecule has 2 aromatic rings. The summed E-state index contributed by atoms with van der Waals surface area (Å²) < 4.78 is 33.0. The van der Waals surface area contributed by atoms with E-state index in [1.54, 1.807) is 18.3 Å². The van der Waals surface area contributed by atoms with E-state index < -0.39 is 17.5 Å². The topological polar surface area (TPSA) is 93.5 Å². The molecule has 0 bridgehead atoms. The van der Waals surface area contributed by atoms with Gasteiger partial charge in [0.15, 0.2) is 6.10 Å². The van der Waals surface area contributed by atoms with E-state index in [9.17, 15) is 18.9 Å². The highest BCUT2D eigenvalue weighted by molar-refractivity contribution is 5.74. The Balaban J connectivity index is 2.27. The van der Waals surface area contributed by atoms with E-state index in [2.05, 4.69) is 4.99 Å². The predicted molar refractivity (Wildman–Crippen MR) is 82.5 cm³/mol. The Morgan fingerprint density at radius 3 is 2.84 bits per heavy atom. The van der Waals surface area contributed by atoms with Crippen LogP contribution in [-0.2, 0) is 0 Å². The lowest BCUT2D eigenvalue weighted by atomic mass is 10.0. The van der Waals surface area contributed by atoms with Crippen LogP contribution in [0.5, 0.6) is 5.75 Å². The summed E-state index contributed by atoms with van der Waals surface area (Å²) in [6.07, 6.45) is 0.0122. The third kappa shape index (κ3) is 3.10. The lowest BCUT2D eigenvalue weighted by Crippen LogP contribution is -2.30. The van der Waals surface area contributed by atoms with E-state index >= 15 is 0 Å². The molecule has 0 saturated carbocycles. The number of aromatic nitrogens is 1. The van der Waals surface area contributed by atoms with Gasteiger partial charge in [0.2, 0.25) is 6.19 Å². The lowest BCUT2D eigenvalue weighted by Gasteiger charge is -2.26. The van der Waals surface area contributed by atoms with Crippen molar-refractivity contribution in [2.75, 3.05) is 0 Å². The molecular weight excluding hydrogens is 334 g/mol. The Morgan fingerprint density at radius 1 is 1.36 bits per heavy atom. The van der Waals surface area contributed by atoms with Crippen molar-refractivity contribution in [1.29, 1.82) is 5.26 Å². The molecule has 1 unspecified atom stereocenters. The molecule has 0 fully saturated rings. The maximum absolute atomic E-state index is 13.2. The maximum Gasteiger partial charge on any atom is 0.278 e. The van der Waals surface area contributed by atoms with Crippen LogP contribution in [0, 0.1) is 21.6 Å². The first kappa shape index (κ1) is 16.3. The Hall–Kier alpha value is -3.54. The van der Waals surface area contributed by atoms with Crippen LogP contribution in [0.4, 0.5) is 14.5 Å². The zero-order valence-corrected chi connectivity index (χ0v) is 12.5. The minimum Gasteiger partial charge on any atom is -0.480 e. The molecule has 9 heteroatoms. The predicted octanol–water partition coefficient (Wildman–Crippen LogP) is 2.69. The molecule has 0 N–H and O–H groups in total. The average molecular weight is 344 g/mol. The van der Waals surface area contributed by atoms with Crippen molar-refractivity contribution in [3.63, 3.8) is 0 Å². The standard InChI is InChI=1S/C16H10F2N4O3/c17-16(18)14-8-12(21-6-2-1-3-15(21)20-9-19)11-7-10(22(23)24)4-5-13(11)25-14/h1-8,14,16H. The number of hydrogen-bond acceptors (Lipinski definition) is 5. The average Bonchev–Trinajstić information content (AvgIpc) is 2.61. The van der Waals surface area contributed by atoms with Crippen molar-refractivity contribution >= 4 is 11.4 Å². The molecule has 3 rings (SSSR count). The summed E-state index contributed by atoms with van der Waals surface area (Å²) in [5.41, 5.74) is 0.476. The number of pyridine rings is 1. The minimum absolute atomic E-state index is 0.0904. The number of nitro groups is 1. The molecule has 1 aromatic heterocycles. The highest BCUT2D eigenvalue weighted by Gasteiger charge is 2.29. The summed E-state index contributed by atoms with van der Waals surface area (Å²) in [7, 11) is 0. The van der Waals surface area contributed by atoms with Crippen LogP contribution >= 0.6 is 0 Å². The zero-order chi connectivity index (χ0) is 18.0. The molecule has 0 radical (unpaired) electrons. The van der Waals surface area contributed by atoms with Gasteiger partial charge in [0.05, 0.1) is 10.6 Å². The molecule has 1 aliphatic rings. The number of fused-ring (bicyclic) bond motifs is 1. The number of ether oxygens (including phenoxy) is 1. The molecule has 25 heavy (non-hydrogen) atoms. The first-order valence-corrected chi connectivity index (χ1v) is 7.07. The molecule has 1 atom stereocenters. The molecule has 2 heterocycles. The minimum atomic E-state index is -2.79. The van der Waals surface area contributed by atoms with Gasteiger partial charge < -0.3 is 9.30 Å². The Bertz CT molecular complexity index is 976. The second-order valence-electron chi connectivity index (χ2n) is 5.05.